The molecule has 0 radical (unpaired) electrons. The summed E-state index contributed by atoms with van der Waals surface area (Å²) in [7, 11) is 0. The molecule has 2 aliphatic rings. The minimum Gasteiger partial charge on any atom is -0.460 e. The van der Waals surface area contributed by atoms with Gasteiger partial charge in [-0.2, -0.15) is 0 Å². The summed E-state index contributed by atoms with van der Waals surface area (Å²) in [5, 5.41) is 10.2. The number of allylic oxidation sites excluding steroid dienone is 4. The molecule has 1 atom stereocenters. The molecule has 0 bridgehead atoms. The molecular weight excluding hydrogens is 496 g/mol. The first kappa shape index (κ1) is 22.7. The third-order valence-electron chi connectivity index (χ3n) is 9.01. The first-order valence-electron chi connectivity index (χ1n) is 14.4. The van der Waals surface area contributed by atoms with Crippen LogP contribution in [0.1, 0.15) is 17.9 Å². The van der Waals surface area contributed by atoms with Crippen LogP contribution in [0.4, 0.5) is 0 Å². The molecule has 1 aliphatic heterocycles. The first-order chi connectivity index (χ1) is 20.3. The highest BCUT2D eigenvalue weighted by Gasteiger charge is 2.29. The zero-order valence-corrected chi connectivity index (χ0v) is 22.5. The molecule has 0 saturated carbocycles. The lowest BCUT2D eigenvalue weighted by Crippen LogP contribution is -2.15. The first-order valence-corrected chi connectivity index (χ1v) is 14.4. The average Bonchev–Trinajstić information content (AvgIpc) is 3.04. The van der Waals surface area contributed by atoms with Crippen molar-refractivity contribution < 1.29 is 4.74 Å². The number of rotatable bonds is 2. The van der Waals surface area contributed by atoms with E-state index >= 15 is 0 Å². The fourth-order valence-corrected chi connectivity index (χ4v) is 7.18. The Balaban J connectivity index is 1.38. The Hall–Kier alpha value is -5.14. The summed E-state index contributed by atoms with van der Waals surface area (Å²) in [6.07, 6.45) is 7.46. The second-order valence-corrected chi connectivity index (χ2v) is 11.2. The topological polar surface area (TPSA) is 9.23 Å². The van der Waals surface area contributed by atoms with Gasteiger partial charge in [-0.15, -0.1) is 0 Å². The Morgan fingerprint density at radius 3 is 2.32 bits per heavy atom. The predicted octanol–water partition coefficient (Wildman–Crippen LogP) is 11.0. The maximum Gasteiger partial charge on any atom is 0.135 e. The van der Waals surface area contributed by atoms with Crippen molar-refractivity contribution in [2.75, 3.05) is 0 Å². The van der Waals surface area contributed by atoms with Crippen LogP contribution in [-0.2, 0) is 0 Å². The molecule has 1 heterocycles. The van der Waals surface area contributed by atoms with E-state index < -0.39 is 0 Å². The van der Waals surface area contributed by atoms with Gasteiger partial charge in [-0.05, 0) is 96.2 Å². The molecule has 0 N–H and O–H groups in total. The lowest BCUT2D eigenvalue weighted by Gasteiger charge is -2.30. The van der Waals surface area contributed by atoms with Crippen LogP contribution in [0.15, 0.2) is 145 Å². The van der Waals surface area contributed by atoms with Crippen molar-refractivity contribution >= 4 is 43.1 Å². The molecule has 7 aromatic rings. The summed E-state index contributed by atoms with van der Waals surface area (Å²) in [4.78, 5) is 0. The Kier molecular flexibility index (Phi) is 4.80. The van der Waals surface area contributed by atoms with E-state index in [4.69, 9.17) is 4.74 Å². The van der Waals surface area contributed by atoms with Crippen LogP contribution in [-0.4, -0.2) is 0 Å². The van der Waals surface area contributed by atoms with Crippen molar-refractivity contribution in [3.63, 3.8) is 0 Å². The normalized spacial score (nSPS) is 15.7. The van der Waals surface area contributed by atoms with Gasteiger partial charge in [-0.1, -0.05) is 115 Å². The van der Waals surface area contributed by atoms with Gasteiger partial charge >= 0.3 is 0 Å². The highest BCUT2D eigenvalue weighted by atomic mass is 16.5. The van der Waals surface area contributed by atoms with Crippen LogP contribution >= 0.6 is 0 Å². The van der Waals surface area contributed by atoms with E-state index in [0.717, 1.165) is 17.9 Å². The number of hydrogen-bond donors (Lipinski definition) is 0. The van der Waals surface area contributed by atoms with Gasteiger partial charge in [0.15, 0.2) is 0 Å². The van der Waals surface area contributed by atoms with E-state index in [2.05, 4.69) is 140 Å². The van der Waals surface area contributed by atoms with Crippen molar-refractivity contribution in [3.05, 3.63) is 151 Å². The summed E-state index contributed by atoms with van der Waals surface area (Å²) in [5.74, 6) is 2.28. The van der Waals surface area contributed by atoms with E-state index in [1.54, 1.807) is 0 Å². The van der Waals surface area contributed by atoms with Gasteiger partial charge in [-0.3, -0.25) is 0 Å². The molecule has 9 rings (SSSR count). The summed E-state index contributed by atoms with van der Waals surface area (Å²) < 4.78 is 6.50. The fourth-order valence-electron chi connectivity index (χ4n) is 7.18. The van der Waals surface area contributed by atoms with E-state index in [9.17, 15) is 0 Å². The third-order valence-corrected chi connectivity index (χ3v) is 9.01. The second kappa shape index (κ2) is 8.68. The lowest BCUT2D eigenvalue weighted by atomic mass is 9.82. The van der Waals surface area contributed by atoms with Gasteiger partial charge < -0.3 is 4.74 Å². The fraction of sp³-hybridized carbons (Fsp3) is 0.0500. The van der Waals surface area contributed by atoms with E-state index in [1.165, 1.54) is 70.9 Å². The molecule has 1 heteroatoms. The quantitative estimate of drug-likeness (QED) is 0.162. The van der Waals surface area contributed by atoms with Crippen molar-refractivity contribution in [1.29, 1.82) is 0 Å². The molecule has 1 unspecified atom stereocenters. The Labute approximate surface area is 238 Å². The maximum atomic E-state index is 6.50. The number of benzene rings is 7. The second-order valence-electron chi connectivity index (χ2n) is 11.2. The van der Waals surface area contributed by atoms with Gasteiger partial charge in [0.25, 0.3) is 0 Å². The highest BCUT2D eigenvalue weighted by molar-refractivity contribution is 6.24. The zero-order valence-electron chi connectivity index (χ0n) is 22.5. The molecule has 0 amide bonds. The summed E-state index contributed by atoms with van der Waals surface area (Å²) in [6, 6.07) is 44.5. The summed E-state index contributed by atoms with van der Waals surface area (Å²) >= 11 is 0. The highest BCUT2D eigenvalue weighted by Crippen LogP contribution is 2.49. The molecule has 0 saturated heterocycles. The Morgan fingerprint density at radius 2 is 1.37 bits per heavy atom. The summed E-state index contributed by atoms with van der Waals surface area (Å²) in [5.41, 5.74) is 6.42. The Bertz CT molecular complexity index is 2250. The molecule has 0 fully saturated rings. The van der Waals surface area contributed by atoms with Gasteiger partial charge in [-0.25, -0.2) is 0 Å². The molecular formula is C40H26O. The van der Waals surface area contributed by atoms with Gasteiger partial charge in [0.05, 0.1) is 0 Å². The van der Waals surface area contributed by atoms with E-state index in [-0.39, 0.29) is 5.92 Å². The molecule has 7 aromatic carbocycles. The number of hydrogen-bond acceptors (Lipinski definition) is 1. The van der Waals surface area contributed by atoms with E-state index in [0.29, 0.717) is 0 Å². The monoisotopic (exact) mass is 522 g/mol. The number of ether oxygens (including phenoxy) is 1. The SMILES string of the molecule is C1=CCC2C(=C1)Oc1ccc(-c3c4ccccc4cc4c3ccc3c(-c5ccccc5)cccc34)c3cccc2c13. The minimum atomic E-state index is 0.274. The largest absolute Gasteiger partial charge is 0.460 e. The summed E-state index contributed by atoms with van der Waals surface area (Å²) in [6.45, 7) is 0. The van der Waals surface area contributed by atoms with Gasteiger partial charge in [0.2, 0.25) is 0 Å². The lowest BCUT2D eigenvalue weighted by molar-refractivity contribution is 0.375. The van der Waals surface area contributed by atoms with Gasteiger partial charge in [0.1, 0.15) is 11.5 Å². The predicted molar refractivity (Wildman–Crippen MR) is 173 cm³/mol. The molecule has 192 valence electrons. The molecule has 1 nitrogen and oxygen atoms in total. The molecule has 0 spiro atoms. The molecule has 1 aliphatic carbocycles. The van der Waals surface area contributed by atoms with E-state index in [1.807, 2.05) is 0 Å². The van der Waals surface area contributed by atoms with Crippen LogP contribution in [0.3, 0.4) is 0 Å². The molecule has 41 heavy (non-hydrogen) atoms. The minimum absolute atomic E-state index is 0.274. The van der Waals surface area contributed by atoms with Crippen molar-refractivity contribution in [1.82, 2.24) is 0 Å². The Morgan fingerprint density at radius 1 is 0.561 bits per heavy atom. The third kappa shape index (κ3) is 3.30. The van der Waals surface area contributed by atoms with Crippen molar-refractivity contribution in [2.24, 2.45) is 0 Å². The van der Waals surface area contributed by atoms with Crippen molar-refractivity contribution in [3.8, 4) is 28.0 Å². The van der Waals surface area contributed by atoms with Crippen LogP contribution in [0, 0.1) is 0 Å². The average molecular weight is 523 g/mol. The zero-order chi connectivity index (χ0) is 26.9. The van der Waals surface area contributed by atoms with Crippen LogP contribution < -0.4 is 4.74 Å². The van der Waals surface area contributed by atoms with Crippen LogP contribution in [0.5, 0.6) is 5.75 Å². The van der Waals surface area contributed by atoms with Crippen molar-refractivity contribution in [2.45, 2.75) is 12.3 Å². The maximum absolute atomic E-state index is 6.50. The van der Waals surface area contributed by atoms with Crippen LogP contribution in [0.2, 0.25) is 0 Å². The van der Waals surface area contributed by atoms with Crippen LogP contribution in [0.25, 0.3) is 65.3 Å². The standard InChI is InChI=1S/C40H26O/c1-2-10-25(11-3-1)27-15-8-16-29-30(27)20-21-35-36(29)24-26-12-4-5-13-28(26)39(35)34-22-23-38-40-32(17-9-18-33(34)40)31-14-6-7-19-37(31)41-38/h1-13,15-24,31H,14H2. The van der Waals surface area contributed by atoms with Gasteiger partial charge in [0, 0.05) is 11.3 Å². The number of fused-ring (bicyclic) bond motifs is 6. The molecule has 0 aromatic heterocycles. The smallest absolute Gasteiger partial charge is 0.135 e.